The number of hydrogen-bond acceptors (Lipinski definition) is 4. The fourth-order valence-electron chi connectivity index (χ4n) is 1.50. The van der Waals surface area contributed by atoms with Crippen molar-refractivity contribution < 1.29 is 28.6 Å². The topological polar surface area (TPSA) is 76.1 Å². The highest BCUT2D eigenvalue weighted by Crippen LogP contribution is 2.30. The van der Waals surface area contributed by atoms with Gasteiger partial charge in [-0.1, -0.05) is 0 Å². The molecule has 0 fully saturated rings. The van der Waals surface area contributed by atoms with Gasteiger partial charge in [-0.25, -0.2) is 4.39 Å². The molecule has 7 heteroatoms. The monoisotopic (exact) mass is 271 g/mol. The zero-order chi connectivity index (χ0) is 14.6. The Morgan fingerprint density at radius 2 is 1.79 bits per heavy atom. The van der Waals surface area contributed by atoms with Crippen LogP contribution in [0.5, 0.6) is 11.5 Å². The van der Waals surface area contributed by atoms with E-state index in [1.54, 1.807) is 0 Å². The summed E-state index contributed by atoms with van der Waals surface area (Å²) >= 11 is 0. The van der Waals surface area contributed by atoms with Gasteiger partial charge in [0.25, 0.3) is 5.91 Å². The number of amides is 1. The quantitative estimate of drug-likeness (QED) is 0.864. The lowest BCUT2D eigenvalue weighted by Gasteiger charge is -2.16. The molecule has 104 valence electrons. The molecular formula is C12H14FNO5. The average molecular weight is 271 g/mol. The van der Waals surface area contributed by atoms with Crippen LogP contribution in [0.1, 0.15) is 10.4 Å². The van der Waals surface area contributed by atoms with E-state index in [1.165, 1.54) is 27.3 Å². The molecule has 0 radical (unpaired) electrons. The van der Waals surface area contributed by atoms with E-state index in [2.05, 4.69) is 0 Å². The number of carboxylic acid groups (broad SMARTS) is 1. The van der Waals surface area contributed by atoms with Crippen molar-refractivity contribution in [2.75, 3.05) is 27.8 Å². The molecule has 1 aromatic carbocycles. The second-order valence-corrected chi connectivity index (χ2v) is 3.74. The summed E-state index contributed by atoms with van der Waals surface area (Å²) in [6.45, 7) is -0.521. The van der Waals surface area contributed by atoms with E-state index in [0.717, 1.165) is 11.0 Å². The molecule has 0 spiro atoms. The van der Waals surface area contributed by atoms with Gasteiger partial charge >= 0.3 is 5.97 Å². The van der Waals surface area contributed by atoms with E-state index in [1.807, 2.05) is 0 Å². The van der Waals surface area contributed by atoms with E-state index in [-0.39, 0.29) is 17.1 Å². The Bertz CT molecular complexity index is 503. The standard InChI is InChI=1S/C12H14FNO5/c1-14(6-11(15)16)12(17)7-4-9(18-2)10(19-3)5-8(7)13/h4-5H,6H2,1-3H3,(H,15,16). The first-order valence-electron chi connectivity index (χ1n) is 5.29. The first-order valence-corrected chi connectivity index (χ1v) is 5.29. The first kappa shape index (κ1) is 14.7. The first-order chi connectivity index (χ1) is 8.90. The molecule has 19 heavy (non-hydrogen) atoms. The SMILES string of the molecule is COc1cc(F)c(C(=O)N(C)CC(=O)O)cc1OC. The molecule has 0 bridgehead atoms. The van der Waals surface area contributed by atoms with Gasteiger partial charge in [-0.3, -0.25) is 9.59 Å². The average Bonchev–Trinajstić information content (AvgIpc) is 2.36. The van der Waals surface area contributed by atoms with E-state index in [0.29, 0.717) is 0 Å². The molecule has 0 unspecified atom stereocenters. The van der Waals surface area contributed by atoms with Crippen LogP contribution in [0.3, 0.4) is 0 Å². The number of carboxylic acids is 1. The maximum absolute atomic E-state index is 13.8. The summed E-state index contributed by atoms with van der Waals surface area (Å²) in [5.74, 6) is -2.40. The molecule has 0 atom stereocenters. The van der Waals surface area contributed by atoms with Crippen LogP contribution in [0, 0.1) is 5.82 Å². The van der Waals surface area contributed by atoms with Gasteiger partial charge in [-0.2, -0.15) is 0 Å². The van der Waals surface area contributed by atoms with Crippen LogP contribution < -0.4 is 9.47 Å². The largest absolute Gasteiger partial charge is 0.493 e. The van der Waals surface area contributed by atoms with Crippen molar-refractivity contribution in [2.45, 2.75) is 0 Å². The van der Waals surface area contributed by atoms with Crippen LogP contribution in [0.4, 0.5) is 4.39 Å². The molecule has 1 N–H and O–H groups in total. The lowest BCUT2D eigenvalue weighted by atomic mass is 10.1. The van der Waals surface area contributed by atoms with Gasteiger partial charge in [0.15, 0.2) is 11.5 Å². The number of likely N-dealkylation sites (N-methyl/N-ethyl adjacent to an activating group) is 1. The van der Waals surface area contributed by atoms with Crippen LogP contribution >= 0.6 is 0 Å². The molecular weight excluding hydrogens is 257 g/mol. The molecule has 0 aliphatic heterocycles. The Kier molecular flexibility index (Phi) is 4.68. The number of carbonyl (C=O) groups excluding carboxylic acids is 1. The number of carbonyl (C=O) groups is 2. The number of ether oxygens (including phenoxy) is 2. The third-order valence-corrected chi connectivity index (χ3v) is 2.42. The van der Waals surface area contributed by atoms with Crippen molar-refractivity contribution >= 4 is 11.9 Å². The van der Waals surface area contributed by atoms with Crippen LogP contribution in [-0.4, -0.2) is 49.7 Å². The lowest BCUT2D eigenvalue weighted by Crippen LogP contribution is -2.32. The molecule has 1 amide bonds. The molecule has 0 saturated heterocycles. The van der Waals surface area contributed by atoms with Gasteiger partial charge in [0.05, 0.1) is 19.8 Å². The van der Waals surface area contributed by atoms with Gasteiger partial charge < -0.3 is 19.5 Å². The molecule has 6 nitrogen and oxygen atoms in total. The van der Waals surface area contributed by atoms with Crippen molar-refractivity contribution in [1.29, 1.82) is 0 Å². The molecule has 0 saturated carbocycles. The summed E-state index contributed by atoms with van der Waals surface area (Å²) in [5.41, 5.74) is -0.276. The minimum Gasteiger partial charge on any atom is -0.493 e. The van der Waals surface area contributed by atoms with Crippen LogP contribution in [-0.2, 0) is 4.79 Å². The van der Waals surface area contributed by atoms with E-state index in [4.69, 9.17) is 14.6 Å². The Hall–Kier alpha value is -2.31. The molecule has 0 heterocycles. The third-order valence-electron chi connectivity index (χ3n) is 2.42. The summed E-state index contributed by atoms with van der Waals surface area (Å²) < 4.78 is 23.6. The predicted octanol–water partition coefficient (Wildman–Crippen LogP) is 0.999. The maximum atomic E-state index is 13.8. The second kappa shape index (κ2) is 6.03. The fraction of sp³-hybridized carbons (Fsp3) is 0.333. The minimum atomic E-state index is -1.18. The molecule has 0 aliphatic carbocycles. The zero-order valence-corrected chi connectivity index (χ0v) is 10.8. The normalized spacial score (nSPS) is 9.89. The highest BCUT2D eigenvalue weighted by Gasteiger charge is 2.21. The van der Waals surface area contributed by atoms with E-state index in [9.17, 15) is 14.0 Å². The summed E-state index contributed by atoms with van der Waals surface area (Å²) in [6.07, 6.45) is 0. The number of aliphatic carboxylic acids is 1. The Morgan fingerprint density at radius 3 is 2.26 bits per heavy atom. The molecule has 1 rings (SSSR count). The zero-order valence-electron chi connectivity index (χ0n) is 10.8. The summed E-state index contributed by atoms with van der Waals surface area (Å²) in [6, 6.07) is 2.19. The molecule has 0 aromatic heterocycles. The van der Waals surface area contributed by atoms with Crippen LogP contribution in [0.15, 0.2) is 12.1 Å². The van der Waals surface area contributed by atoms with Crippen molar-refractivity contribution in [2.24, 2.45) is 0 Å². The lowest BCUT2D eigenvalue weighted by molar-refractivity contribution is -0.137. The Morgan fingerprint density at radius 1 is 1.26 bits per heavy atom. The van der Waals surface area contributed by atoms with Crippen LogP contribution in [0.2, 0.25) is 0 Å². The number of halogens is 1. The summed E-state index contributed by atoms with van der Waals surface area (Å²) in [5, 5.41) is 8.60. The predicted molar refractivity (Wildman–Crippen MR) is 64.1 cm³/mol. The van der Waals surface area contributed by atoms with E-state index < -0.39 is 24.2 Å². The van der Waals surface area contributed by atoms with Gasteiger partial charge in [-0.05, 0) is 6.07 Å². The van der Waals surface area contributed by atoms with Crippen molar-refractivity contribution in [3.05, 3.63) is 23.5 Å². The van der Waals surface area contributed by atoms with Gasteiger partial charge in [0, 0.05) is 13.1 Å². The van der Waals surface area contributed by atoms with Gasteiger partial charge in [-0.15, -0.1) is 0 Å². The number of methoxy groups -OCH3 is 2. The summed E-state index contributed by atoms with van der Waals surface area (Å²) in [4.78, 5) is 23.3. The smallest absolute Gasteiger partial charge is 0.323 e. The van der Waals surface area contributed by atoms with E-state index >= 15 is 0 Å². The van der Waals surface area contributed by atoms with Crippen molar-refractivity contribution in [3.63, 3.8) is 0 Å². The number of nitrogens with zero attached hydrogens (tertiary/aromatic N) is 1. The minimum absolute atomic E-state index is 0.150. The maximum Gasteiger partial charge on any atom is 0.323 e. The van der Waals surface area contributed by atoms with Gasteiger partial charge in [0.1, 0.15) is 12.4 Å². The van der Waals surface area contributed by atoms with Crippen LogP contribution in [0.25, 0.3) is 0 Å². The highest BCUT2D eigenvalue weighted by molar-refractivity contribution is 5.96. The van der Waals surface area contributed by atoms with Gasteiger partial charge in [0.2, 0.25) is 0 Å². The van der Waals surface area contributed by atoms with Crippen molar-refractivity contribution in [3.8, 4) is 11.5 Å². The second-order valence-electron chi connectivity index (χ2n) is 3.74. The number of rotatable bonds is 5. The fourth-order valence-corrected chi connectivity index (χ4v) is 1.50. The number of hydrogen-bond donors (Lipinski definition) is 1. The summed E-state index contributed by atoms with van der Waals surface area (Å²) in [7, 11) is 3.97. The Balaban J connectivity index is 3.13. The highest BCUT2D eigenvalue weighted by atomic mass is 19.1. The molecule has 1 aromatic rings. The third kappa shape index (κ3) is 3.34. The Labute approximate surface area is 109 Å². The van der Waals surface area contributed by atoms with Crippen molar-refractivity contribution in [1.82, 2.24) is 4.90 Å². The molecule has 0 aliphatic rings. The number of benzene rings is 1.